The minimum atomic E-state index is 0.521. The van der Waals surface area contributed by atoms with Crippen LogP contribution in [0.3, 0.4) is 0 Å². The second kappa shape index (κ2) is 12.6. The zero-order valence-electron chi connectivity index (χ0n) is 24.0. The first-order valence-corrected chi connectivity index (χ1v) is 14.2. The summed E-state index contributed by atoms with van der Waals surface area (Å²) < 4.78 is 0. The van der Waals surface area contributed by atoms with Crippen LogP contribution in [0.5, 0.6) is 0 Å². The van der Waals surface area contributed by atoms with Crippen molar-refractivity contribution < 1.29 is 0 Å². The van der Waals surface area contributed by atoms with Gasteiger partial charge in [-0.15, -0.1) is 0 Å². The van der Waals surface area contributed by atoms with E-state index in [0.717, 1.165) is 66.9 Å². The summed E-state index contributed by atoms with van der Waals surface area (Å²) in [6.07, 6.45) is 21.5. The smallest absolute Gasteiger partial charge is 0.116 e. The van der Waals surface area contributed by atoms with Crippen LogP contribution in [0.4, 0.5) is 5.69 Å². The Hall–Kier alpha value is -4.71. The van der Waals surface area contributed by atoms with Gasteiger partial charge >= 0.3 is 0 Å². The zero-order chi connectivity index (χ0) is 28.8. The van der Waals surface area contributed by atoms with Crippen molar-refractivity contribution in [2.45, 2.75) is 46.0 Å². The lowest BCUT2D eigenvalue weighted by Gasteiger charge is -2.24. The summed E-state index contributed by atoms with van der Waals surface area (Å²) in [5.74, 6) is 0.521. The Morgan fingerprint density at radius 2 is 1.85 bits per heavy atom. The van der Waals surface area contributed by atoms with Gasteiger partial charge in [-0.3, -0.25) is 15.1 Å². The molecule has 0 amide bonds. The molecular formula is C35H38N6. The van der Waals surface area contributed by atoms with Gasteiger partial charge in [-0.1, -0.05) is 63.3 Å². The molecule has 4 aromatic heterocycles. The van der Waals surface area contributed by atoms with Crippen molar-refractivity contribution in [2.75, 3.05) is 5.32 Å². The monoisotopic (exact) mass is 542 g/mol. The molecule has 0 aromatic carbocycles. The minimum Gasteiger partial charge on any atom is -0.358 e. The van der Waals surface area contributed by atoms with Crippen molar-refractivity contribution in [3.05, 3.63) is 120 Å². The highest BCUT2D eigenvalue weighted by atomic mass is 15.1. The normalized spacial score (nSPS) is 15.2. The van der Waals surface area contributed by atoms with Crippen molar-refractivity contribution in [2.24, 2.45) is 5.92 Å². The number of aromatic nitrogens is 5. The average molecular weight is 543 g/mol. The first-order chi connectivity index (χ1) is 20.0. The topological polar surface area (TPSA) is 82.3 Å². The first-order valence-electron chi connectivity index (χ1n) is 14.2. The molecule has 0 atom stereocenters. The van der Waals surface area contributed by atoms with Gasteiger partial charge in [0.2, 0.25) is 0 Å². The van der Waals surface area contributed by atoms with Crippen LogP contribution in [-0.2, 0) is 0 Å². The second-order valence-electron chi connectivity index (χ2n) is 10.6. The number of pyridine rings is 2. The summed E-state index contributed by atoms with van der Waals surface area (Å²) >= 11 is 0. The lowest BCUT2D eigenvalue weighted by Crippen LogP contribution is -2.23. The third-order valence-electron chi connectivity index (χ3n) is 7.77. The molecule has 1 fully saturated rings. The Morgan fingerprint density at radius 1 is 1.05 bits per heavy atom. The summed E-state index contributed by atoms with van der Waals surface area (Å²) in [5.41, 5.74) is 9.72. The summed E-state index contributed by atoms with van der Waals surface area (Å²) in [4.78, 5) is 12.4. The number of nitrogens with one attached hydrogen (secondary N) is 3. The van der Waals surface area contributed by atoms with Gasteiger partial charge in [-0.05, 0) is 68.0 Å². The van der Waals surface area contributed by atoms with E-state index in [0.29, 0.717) is 5.92 Å². The van der Waals surface area contributed by atoms with E-state index in [2.05, 4.69) is 76.3 Å². The van der Waals surface area contributed by atoms with Gasteiger partial charge in [-0.2, -0.15) is 5.10 Å². The first kappa shape index (κ1) is 27.8. The number of rotatable bonds is 9. The summed E-state index contributed by atoms with van der Waals surface area (Å²) in [5, 5.41) is 13.3. The van der Waals surface area contributed by atoms with Crippen molar-refractivity contribution >= 4 is 29.0 Å². The highest BCUT2D eigenvalue weighted by Gasteiger charge is 2.17. The second-order valence-corrected chi connectivity index (χ2v) is 10.6. The number of aryl methyl sites for hydroxylation is 1. The lowest BCUT2D eigenvalue weighted by molar-refractivity contribution is 0.405. The molecule has 6 nitrogen and oxygen atoms in total. The highest BCUT2D eigenvalue weighted by Crippen LogP contribution is 2.31. The number of hydrogen-bond acceptors (Lipinski definition) is 4. The molecule has 0 saturated heterocycles. The van der Waals surface area contributed by atoms with Gasteiger partial charge in [0.05, 0.1) is 22.9 Å². The van der Waals surface area contributed by atoms with Crippen LogP contribution in [0, 0.1) is 12.8 Å². The van der Waals surface area contributed by atoms with E-state index in [1.165, 1.54) is 32.1 Å². The van der Waals surface area contributed by atoms with Crippen LogP contribution < -0.4 is 15.9 Å². The van der Waals surface area contributed by atoms with E-state index in [4.69, 9.17) is 5.10 Å². The van der Waals surface area contributed by atoms with Gasteiger partial charge in [0.25, 0.3) is 0 Å². The Bertz CT molecular complexity index is 1710. The van der Waals surface area contributed by atoms with Crippen LogP contribution in [0.15, 0.2) is 86.6 Å². The molecule has 3 N–H and O–H groups in total. The fourth-order valence-electron chi connectivity index (χ4n) is 5.56. The predicted octanol–water partition coefficient (Wildman–Crippen LogP) is 6.92. The third-order valence-corrected chi connectivity index (χ3v) is 7.77. The SMILES string of the molecule is C=C/C=C(/c1cccnc1)c1cc(-c2n[nH]c(=C/C)/c2=C\C(=C)c2cncc(NC(=C)C3CCCCC3)c2)[nH]c1C. The molecule has 208 valence electrons. The molecule has 6 heteroatoms. The van der Waals surface area contributed by atoms with E-state index in [1.54, 1.807) is 12.3 Å². The molecule has 5 rings (SSSR count). The average Bonchev–Trinajstić information content (AvgIpc) is 3.59. The fraction of sp³-hybridized carbons (Fsp3) is 0.229. The third kappa shape index (κ3) is 6.22. The van der Waals surface area contributed by atoms with Gasteiger partial charge in [0.1, 0.15) is 5.69 Å². The van der Waals surface area contributed by atoms with E-state index >= 15 is 0 Å². The maximum Gasteiger partial charge on any atom is 0.116 e. The standard InChI is InChI=1S/C35H38N6/c1-6-12-30(27-15-11-16-36-20-27)31-19-34(39-25(31)5)35-32(33(7-2)40-41-35)17-23(3)28-18-29(22-37-21-28)38-24(4)26-13-9-8-10-14-26/h6-7,11-12,15-22,26,38-40H,1,3-4,8-10,13-14H2,2,5H3/b30-12-,32-17+,33-7+. The van der Waals surface area contributed by atoms with Crippen molar-refractivity contribution in [3.8, 4) is 11.4 Å². The van der Waals surface area contributed by atoms with E-state index in [-0.39, 0.29) is 0 Å². The maximum atomic E-state index is 4.69. The molecule has 0 unspecified atom stereocenters. The molecule has 0 aliphatic heterocycles. The fourth-order valence-corrected chi connectivity index (χ4v) is 5.56. The van der Waals surface area contributed by atoms with Gasteiger partial charge in [0.15, 0.2) is 0 Å². The van der Waals surface area contributed by atoms with E-state index in [1.807, 2.05) is 43.7 Å². The van der Waals surface area contributed by atoms with E-state index < -0.39 is 0 Å². The van der Waals surface area contributed by atoms with Crippen LogP contribution in [-0.4, -0.2) is 25.1 Å². The molecule has 0 radical (unpaired) electrons. The Labute approximate surface area is 242 Å². The summed E-state index contributed by atoms with van der Waals surface area (Å²) in [6, 6.07) is 8.22. The largest absolute Gasteiger partial charge is 0.358 e. The number of aromatic amines is 2. The highest BCUT2D eigenvalue weighted by molar-refractivity contribution is 5.89. The predicted molar refractivity (Wildman–Crippen MR) is 171 cm³/mol. The molecule has 41 heavy (non-hydrogen) atoms. The molecule has 4 heterocycles. The molecular weight excluding hydrogens is 504 g/mol. The molecule has 1 aliphatic rings. The Balaban J connectivity index is 1.47. The van der Waals surface area contributed by atoms with Crippen LogP contribution in [0.2, 0.25) is 0 Å². The molecule has 0 bridgehead atoms. The molecule has 1 saturated carbocycles. The number of allylic oxidation sites excluding steroid dienone is 4. The van der Waals surface area contributed by atoms with Crippen molar-refractivity contribution in [1.29, 1.82) is 0 Å². The van der Waals surface area contributed by atoms with Gasteiger partial charge in [-0.25, -0.2) is 0 Å². The number of nitrogens with zero attached hydrogens (tertiary/aromatic N) is 3. The van der Waals surface area contributed by atoms with Crippen LogP contribution in [0.25, 0.3) is 34.7 Å². The summed E-state index contributed by atoms with van der Waals surface area (Å²) in [7, 11) is 0. The Morgan fingerprint density at radius 3 is 2.59 bits per heavy atom. The van der Waals surface area contributed by atoms with Crippen LogP contribution in [0.1, 0.15) is 61.4 Å². The maximum absolute atomic E-state index is 4.69. The zero-order valence-corrected chi connectivity index (χ0v) is 24.0. The molecule has 4 aromatic rings. The van der Waals surface area contributed by atoms with Crippen LogP contribution >= 0.6 is 0 Å². The van der Waals surface area contributed by atoms with Crippen molar-refractivity contribution in [1.82, 2.24) is 25.1 Å². The number of anilines is 1. The molecule has 1 aliphatic carbocycles. The minimum absolute atomic E-state index is 0.521. The Kier molecular flexibility index (Phi) is 8.59. The van der Waals surface area contributed by atoms with Gasteiger partial charge < -0.3 is 10.3 Å². The number of H-pyrrole nitrogens is 2. The van der Waals surface area contributed by atoms with Gasteiger partial charge in [0, 0.05) is 51.9 Å². The number of hydrogen-bond donors (Lipinski definition) is 3. The quantitative estimate of drug-likeness (QED) is 0.201. The lowest BCUT2D eigenvalue weighted by atomic mass is 9.87. The van der Waals surface area contributed by atoms with E-state index in [9.17, 15) is 0 Å². The summed E-state index contributed by atoms with van der Waals surface area (Å²) in [6.45, 7) is 16.7. The molecule has 0 spiro atoms. The van der Waals surface area contributed by atoms with Crippen molar-refractivity contribution in [3.63, 3.8) is 0 Å².